The van der Waals surface area contributed by atoms with Gasteiger partial charge in [0.1, 0.15) is 11.4 Å². The molecule has 9 nitrogen and oxygen atoms in total. The van der Waals surface area contributed by atoms with E-state index in [2.05, 4.69) is 25.5 Å². The Bertz CT molecular complexity index is 1090. The van der Waals surface area contributed by atoms with Gasteiger partial charge in [0.2, 0.25) is 5.95 Å². The van der Waals surface area contributed by atoms with Gasteiger partial charge in [-0.05, 0) is 18.6 Å². The molecule has 0 unspecified atom stereocenters. The summed E-state index contributed by atoms with van der Waals surface area (Å²) in [6, 6.07) is 3.51. The van der Waals surface area contributed by atoms with Crippen LogP contribution in [-0.2, 0) is 4.74 Å². The van der Waals surface area contributed by atoms with Crippen molar-refractivity contribution in [2.45, 2.75) is 43.0 Å². The van der Waals surface area contributed by atoms with E-state index < -0.39 is 24.1 Å². The normalized spacial score (nSPS) is 26.2. The van der Waals surface area contributed by atoms with Crippen LogP contribution in [0.1, 0.15) is 12.8 Å². The summed E-state index contributed by atoms with van der Waals surface area (Å²) in [6.45, 7) is 0. The molecule has 0 saturated carbocycles. The van der Waals surface area contributed by atoms with Gasteiger partial charge in [-0.25, -0.2) is 18.7 Å². The first-order valence-electron chi connectivity index (χ1n) is 10.3. The van der Waals surface area contributed by atoms with Gasteiger partial charge in [0, 0.05) is 50.6 Å². The molecule has 2 aromatic heterocycles. The number of imidazole rings is 1. The highest BCUT2D eigenvalue weighted by Gasteiger charge is 2.57. The van der Waals surface area contributed by atoms with E-state index in [1.165, 1.54) is 13.3 Å². The fraction of sp³-hybridized carbons (Fsp3) is 0.429. The number of hydrogen-bond acceptors (Lipinski definition) is 8. The zero-order valence-electron chi connectivity index (χ0n) is 17.6. The summed E-state index contributed by atoms with van der Waals surface area (Å²) in [5.74, 6) is -2.43. The molecule has 0 radical (unpaired) electrons. The number of nitrogens with one attached hydrogen (secondary N) is 1. The fourth-order valence-electron chi connectivity index (χ4n) is 4.68. The lowest BCUT2D eigenvalue weighted by molar-refractivity contribution is -0.0139. The van der Waals surface area contributed by atoms with E-state index in [-0.39, 0.29) is 24.6 Å². The highest BCUT2D eigenvalue weighted by Crippen LogP contribution is 2.41. The molecule has 2 aliphatic rings. The molecule has 5 rings (SSSR count). The number of aromatic hydroxyl groups is 1. The molecule has 1 aromatic carbocycles. The van der Waals surface area contributed by atoms with Crippen molar-refractivity contribution in [1.29, 1.82) is 0 Å². The molecular formula is C21H23F2N7O2. The zero-order chi connectivity index (χ0) is 22.5. The molecule has 4 heterocycles. The Morgan fingerprint density at radius 1 is 1.31 bits per heavy atom. The van der Waals surface area contributed by atoms with Crippen LogP contribution in [-0.4, -0.2) is 74.1 Å². The lowest BCUT2D eigenvalue weighted by Crippen LogP contribution is -2.59. The average molecular weight is 443 g/mol. The summed E-state index contributed by atoms with van der Waals surface area (Å²) in [6.07, 6.45) is 6.11. The maximum atomic E-state index is 14.2. The molecule has 168 valence electrons. The van der Waals surface area contributed by atoms with Crippen LogP contribution >= 0.6 is 0 Å². The Kier molecular flexibility index (Phi) is 5.01. The van der Waals surface area contributed by atoms with Gasteiger partial charge in [-0.3, -0.25) is 0 Å². The summed E-state index contributed by atoms with van der Waals surface area (Å²) in [4.78, 5) is 10.1. The highest BCUT2D eigenvalue weighted by molar-refractivity contribution is 5.68. The van der Waals surface area contributed by atoms with Gasteiger partial charge in [-0.15, -0.1) is 10.2 Å². The fourth-order valence-corrected chi connectivity index (χ4v) is 4.68. The average Bonchev–Trinajstić information content (AvgIpc) is 3.40. The van der Waals surface area contributed by atoms with E-state index in [0.717, 1.165) is 5.69 Å². The third-order valence-corrected chi connectivity index (χ3v) is 6.36. The monoisotopic (exact) mass is 443 g/mol. The number of halogens is 2. The van der Waals surface area contributed by atoms with Gasteiger partial charge in [0.05, 0.1) is 36.4 Å². The van der Waals surface area contributed by atoms with Crippen LogP contribution < -0.4 is 10.2 Å². The minimum atomic E-state index is -2.76. The van der Waals surface area contributed by atoms with Crippen molar-refractivity contribution in [1.82, 2.24) is 30.0 Å². The molecule has 0 spiro atoms. The summed E-state index contributed by atoms with van der Waals surface area (Å²) in [5.41, 5.74) is 1.64. The number of likely N-dealkylation sites (N-methyl/N-ethyl adjacent to an activating group) is 1. The van der Waals surface area contributed by atoms with Crippen molar-refractivity contribution >= 4 is 5.95 Å². The third-order valence-electron chi connectivity index (χ3n) is 6.36. The SMILES string of the molecule is CO[C@@H]1[C@H](N(C)c2ncc(-c3ccc(-n4ccnc4)cc3O)nn2)C[C@H]2N[C@@H]1CC2(F)F. The molecule has 11 heteroatoms. The maximum absolute atomic E-state index is 14.2. The van der Waals surface area contributed by atoms with Gasteiger partial charge in [-0.1, -0.05) is 0 Å². The summed E-state index contributed by atoms with van der Waals surface area (Å²) < 4.78 is 35.8. The maximum Gasteiger partial charge on any atom is 0.264 e. The molecule has 2 N–H and O–H groups in total. The minimum Gasteiger partial charge on any atom is -0.507 e. The first-order valence-corrected chi connectivity index (χ1v) is 10.3. The molecule has 2 aliphatic heterocycles. The van der Waals surface area contributed by atoms with Crippen molar-refractivity contribution in [3.05, 3.63) is 43.1 Å². The first-order chi connectivity index (χ1) is 15.4. The van der Waals surface area contributed by atoms with E-state index in [0.29, 0.717) is 17.2 Å². The molecule has 32 heavy (non-hydrogen) atoms. The smallest absolute Gasteiger partial charge is 0.264 e. The van der Waals surface area contributed by atoms with Crippen molar-refractivity contribution in [2.24, 2.45) is 0 Å². The Hall–Kier alpha value is -3.18. The largest absolute Gasteiger partial charge is 0.507 e. The van der Waals surface area contributed by atoms with Crippen molar-refractivity contribution in [3.63, 3.8) is 0 Å². The number of ether oxygens (including phenoxy) is 1. The van der Waals surface area contributed by atoms with Crippen molar-refractivity contribution in [2.75, 3.05) is 19.1 Å². The second-order valence-corrected chi connectivity index (χ2v) is 8.22. The van der Waals surface area contributed by atoms with Gasteiger partial charge in [-0.2, -0.15) is 0 Å². The second kappa shape index (κ2) is 7.75. The number of anilines is 1. The van der Waals surface area contributed by atoms with E-state index >= 15 is 0 Å². The number of aromatic nitrogens is 5. The highest BCUT2D eigenvalue weighted by atomic mass is 19.3. The van der Waals surface area contributed by atoms with Gasteiger partial charge in [0.15, 0.2) is 0 Å². The van der Waals surface area contributed by atoms with Crippen LogP contribution in [0.5, 0.6) is 5.75 Å². The van der Waals surface area contributed by atoms with Gasteiger partial charge in [0.25, 0.3) is 5.92 Å². The number of piperidine rings is 1. The first kappa shape index (κ1) is 20.7. The predicted molar refractivity (Wildman–Crippen MR) is 112 cm³/mol. The number of phenols is 1. The Morgan fingerprint density at radius 3 is 2.81 bits per heavy atom. The van der Waals surface area contributed by atoms with Crippen LogP contribution in [0.15, 0.2) is 43.1 Å². The lowest BCUT2D eigenvalue weighted by atomic mass is 9.95. The number of fused-ring (bicyclic) bond motifs is 2. The summed E-state index contributed by atoms with van der Waals surface area (Å²) in [5, 5.41) is 21.9. The zero-order valence-corrected chi connectivity index (χ0v) is 17.6. The molecule has 4 atom stereocenters. The van der Waals surface area contributed by atoms with Crippen LogP contribution in [0.2, 0.25) is 0 Å². The third kappa shape index (κ3) is 3.47. The number of nitrogens with zero attached hydrogens (tertiary/aromatic N) is 6. The van der Waals surface area contributed by atoms with Crippen LogP contribution in [0.25, 0.3) is 16.9 Å². The van der Waals surface area contributed by atoms with E-state index in [1.54, 1.807) is 47.4 Å². The summed E-state index contributed by atoms with van der Waals surface area (Å²) in [7, 11) is 3.29. The Balaban J connectivity index is 1.37. The van der Waals surface area contributed by atoms with Gasteiger partial charge < -0.3 is 24.6 Å². The van der Waals surface area contributed by atoms with E-state index in [1.807, 2.05) is 6.07 Å². The van der Waals surface area contributed by atoms with Gasteiger partial charge >= 0.3 is 0 Å². The number of alkyl halides is 2. The van der Waals surface area contributed by atoms with Crippen LogP contribution in [0, 0.1) is 0 Å². The van der Waals surface area contributed by atoms with Crippen molar-refractivity contribution in [3.8, 4) is 22.7 Å². The number of rotatable bonds is 5. The van der Waals surface area contributed by atoms with Crippen LogP contribution in [0.4, 0.5) is 14.7 Å². The summed E-state index contributed by atoms with van der Waals surface area (Å²) >= 11 is 0. The molecular weight excluding hydrogens is 420 g/mol. The molecule has 0 aliphatic carbocycles. The molecule has 2 saturated heterocycles. The lowest BCUT2D eigenvalue weighted by Gasteiger charge is -2.41. The minimum absolute atomic E-state index is 0.0324. The topological polar surface area (TPSA) is 101 Å². The Labute approximate surface area is 183 Å². The second-order valence-electron chi connectivity index (χ2n) is 8.22. The predicted octanol–water partition coefficient (Wildman–Crippen LogP) is 2.02. The van der Waals surface area contributed by atoms with E-state index in [4.69, 9.17) is 4.74 Å². The number of methoxy groups -OCH3 is 1. The molecule has 0 amide bonds. The number of hydrogen-bond donors (Lipinski definition) is 2. The standard InChI is InChI=1S/C21H23F2N7O2/c1-29(16-8-18-21(22,23)9-14(26-18)19(16)32-2)20-25-10-15(27-28-20)13-4-3-12(7-17(13)31)30-6-5-24-11-30/h3-7,10-11,14,16,18-19,26,31H,8-9H2,1-2H3/t14-,16-,18-,19+/m1/s1. The van der Waals surface area contributed by atoms with Crippen LogP contribution in [0.3, 0.4) is 0 Å². The quantitative estimate of drug-likeness (QED) is 0.618. The molecule has 2 bridgehead atoms. The van der Waals surface area contributed by atoms with E-state index in [9.17, 15) is 13.9 Å². The number of phenolic OH excluding ortho intramolecular Hbond substituents is 1. The molecule has 2 fully saturated rings. The number of benzene rings is 1. The molecule has 3 aromatic rings. The Morgan fingerprint density at radius 2 is 2.16 bits per heavy atom. The van der Waals surface area contributed by atoms with Crippen molar-refractivity contribution < 1.29 is 18.6 Å².